The van der Waals surface area contributed by atoms with Gasteiger partial charge in [-0.3, -0.25) is 4.79 Å². The van der Waals surface area contributed by atoms with E-state index in [0.29, 0.717) is 17.6 Å². The molecule has 3 N–H and O–H groups in total. The van der Waals surface area contributed by atoms with Gasteiger partial charge in [-0.05, 0) is 43.4 Å². The zero-order chi connectivity index (χ0) is 13.8. The third-order valence-corrected chi connectivity index (χ3v) is 4.24. The number of nitrogen functional groups attached to an aromatic ring is 1. The summed E-state index contributed by atoms with van der Waals surface area (Å²) in [5.41, 5.74) is 7.47. The highest BCUT2D eigenvalue weighted by Gasteiger charge is 2.25. The van der Waals surface area contributed by atoms with E-state index in [9.17, 15) is 4.79 Å². The van der Waals surface area contributed by atoms with Gasteiger partial charge in [-0.2, -0.15) is 0 Å². The molecule has 0 bridgehead atoms. The first-order valence-electron chi connectivity index (χ1n) is 7.23. The Labute approximate surface area is 115 Å². The van der Waals surface area contributed by atoms with Gasteiger partial charge in [-0.25, -0.2) is 0 Å². The maximum Gasteiger partial charge on any atom is 0.227 e. The molecule has 104 valence electrons. The summed E-state index contributed by atoms with van der Waals surface area (Å²) in [6, 6.07) is 7.93. The average molecular weight is 260 g/mol. The standard InChI is InChI=1S/C16H24N2O/c1-11-6-3-4-9-15(11)18-16(19)12(2)13-7-5-8-14(17)10-13/h5,7-8,10-12,15H,3-4,6,9,17H2,1-2H3,(H,18,19). The second-order valence-electron chi connectivity index (χ2n) is 5.77. The summed E-state index contributed by atoms with van der Waals surface area (Å²) >= 11 is 0. The van der Waals surface area contributed by atoms with Crippen LogP contribution in [0.4, 0.5) is 5.69 Å². The minimum atomic E-state index is -0.141. The molecule has 3 nitrogen and oxygen atoms in total. The van der Waals surface area contributed by atoms with Gasteiger partial charge in [0.2, 0.25) is 5.91 Å². The van der Waals surface area contributed by atoms with Crippen molar-refractivity contribution in [1.29, 1.82) is 0 Å². The number of hydrogen-bond acceptors (Lipinski definition) is 2. The van der Waals surface area contributed by atoms with E-state index in [1.807, 2.05) is 31.2 Å². The molecular weight excluding hydrogens is 236 g/mol. The quantitative estimate of drug-likeness (QED) is 0.821. The van der Waals surface area contributed by atoms with Crippen LogP contribution in [0.15, 0.2) is 24.3 Å². The van der Waals surface area contributed by atoms with Gasteiger partial charge in [0.1, 0.15) is 0 Å². The Morgan fingerprint density at radius 1 is 1.37 bits per heavy atom. The van der Waals surface area contributed by atoms with E-state index >= 15 is 0 Å². The molecule has 1 saturated carbocycles. The van der Waals surface area contributed by atoms with Crippen molar-refractivity contribution in [3.63, 3.8) is 0 Å². The van der Waals surface area contributed by atoms with Crippen molar-refractivity contribution in [3.8, 4) is 0 Å². The Morgan fingerprint density at radius 3 is 2.79 bits per heavy atom. The van der Waals surface area contributed by atoms with E-state index < -0.39 is 0 Å². The summed E-state index contributed by atoms with van der Waals surface area (Å²) in [6.45, 7) is 4.17. The van der Waals surface area contributed by atoms with E-state index in [1.165, 1.54) is 19.3 Å². The lowest BCUT2D eigenvalue weighted by Gasteiger charge is -2.30. The van der Waals surface area contributed by atoms with E-state index in [4.69, 9.17) is 5.73 Å². The van der Waals surface area contributed by atoms with Crippen molar-refractivity contribution in [2.75, 3.05) is 5.73 Å². The highest BCUT2D eigenvalue weighted by molar-refractivity contribution is 5.83. The van der Waals surface area contributed by atoms with Gasteiger partial charge >= 0.3 is 0 Å². The van der Waals surface area contributed by atoms with Crippen LogP contribution in [-0.2, 0) is 4.79 Å². The molecule has 3 heteroatoms. The third-order valence-electron chi connectivity index (χ3n) is 4.24. The smallest absolute Gasteiger partial charge is 0.227 e. The fraction of sp³-hybridized carbons (Fsp3) is 0.562. The molecule has 1 aliphatic rings. The molecule has 1 aromatic carbocycles. The van der Waals surface area contributed by atoms with E-state index in [0.717, 1.165) is 12.0 Å². The molecule has 0 saturated heterocycles. The topological polar surface area (TPSA) is 55.1 Å². The summed E-state index contributed by atoms with van der Waals surface area (Å²) in [4.78, 5) is 12.3. The number of carbonyl (C=O) groups is 1. The lowest BCUT2D eigenvalue weighted by Crippen LogP contribution is -2.42. The van der Waals surface area contributed by atoms with E-state index in [2.05, 4.69) is 12.2 Å². The molecule has 0 radical (unpaired) electrons. The molecule has 1 amide bonds. The van der Waals surface area contributed by atoms with Gasteiger partial charge in [0.25, 0.3) is 0 Å². The predicted octanol–water partition coefficient (Wildman–Crippen LogP) is 3.07. The molecule has 0 spiro atoms. The predicted molar refractivity (Wildman–Crippen MR) is 78.8 cm³/mol. The molecule has 1 aliphatic carbocycles. The molecule has 1 aromatic rings. The Morgan fingerprint density at radius 2 is 2.11 bits per heavy atom. The Balaban J connectivity index is 1.99. The second kappa shape index (κ2) is 6.09. The minimum absolute atomic E-state index is 0.115. The summed E-state index contributed by atoms with van der Waals surface area (Å²) < 4.78 is 0. The van der Waals surface area contributed by atoms with Gasteiger partial charge in [-0.1, -0.05) is 31.9 Å². The summed E-state index contributed by atoms with van der Waals surface area (Å²) in [7, 11) is 0. The lowest BCUT2D eigenvalue weighted by molar-refractivity contribution is -0.123. The number of carbonyl (C=O) groups excluding carboxylic acids is 1. The van der Waals surface area contributed by atoms with Crippen LogP contribution in [0, 0.1) is 5.92 Å². The minimum Gasteiger partial charge on any atom is -0.399 e. The van der Waals surface area contributed by atoms with Crippen LogP contribution < -0.4 is 11.1 Å². The number of hydrogen-bond donors (Lipinski definition) is 2. The van der Waals surface area contributed by atoms with Crippen LogP contribution >= 0.6 is 0 Å². The van der Waals surface area contributed by atoms with Gasteiger partial charge in [0.05, 0.1) is 5.92 Å². The second-order valence-corrected chi connectivity index (χ2v) is 5.77. The maximum absolute atomic E-state index is 12.3. The lowest BCUT2D eigenvalue weighted by atomic mass is 9.85. The van der Waals surface area contributed by atoms with Crippen molar-refractivity contribution < 1.29 is 4.79 Å². The average Bonchev–Trinajstić information content (AvgIpc) is 2.40. The Hall–Kier alpha value is -1.51. The first-order valence-corrected chi connectivity index (χ1v) is 7.23. The number of nitrogens with one attached hydrogen (secondary N) is 1. The van der Waals surface area contributed by atoms with E-state index in [-0.39, 0.29) is 11.8 Å². The van der Waals surface area contributed by atoms with Crippen LogP contribution in [0.2, 0.25) is 0 Å². The first-order chi connectivity index (χ1) is 9.08. The van der Waals surface area contributed by atoms with E-state index in [1.54, 1.807) is 0 Å². The SMILES string of the molecule is CC(C(=O)NC1CCCCC1C)c1cccc(N)c1. The highest BCUT2D eigenvalue weighted by atomic mass is 16.1. The monoisotopic (exact) mass is 260 g/mol. The van der Waals surface area contributed by atoms with Crippen LogP contribution in [0.1, 0.15) is 51.0 Å². The maximum atomic E-state index is 12.3. The van der Waals surface area contributed by atoms with Crippen molar-refractivity contribution in [3.05, 3.63) is 29.8 Å². The van der Waals surface area contributed by atoms with Crippen LogP contribution in [0.25, 0.3) is 0 Å². The molecule has 0 aromatic heterocycles. The number of benzene rings is 1. The zero-order valence-electron chi connectivity index (χ0n) is 11.9. The third kappa shape index (κ3) is 3.49. The van der Waals surface area contributed by atoms with Gasteiger partial charge in [-0.15, -0.1) is 0 Å². The van der Waals surface area contributed by atoms with Gasteiger partial charge in [0, 0.05) is 11.7 Å². The molecule has 19 heavy (non-hydrogen) atoms. The van der Waals surface area contributed by atoms with Crippen molar-refractivity contribution in [1.82, 2.24) is 5.32 Å². The summed E-state index contributed by atoms with van der Waals surface area (Å²) in [5, 5.41) is 3.21. The van der Waals surface area contributed by atoms with Crippen LogP contribution in [0.3, 0.4) is 0 Å². The van der Waals surface area contributed by atoms with Crippen molar-refractivity contribution >= 4 is 11.6 Å². The van der Waals surface area contributed by atoms with Gasteiger partial charge < -0.3 is 11.1 Å². The molecule has 2 rings (SSSR count). The highest BCUT2D eigenvalue weighted by Crippen LogP contribution is 2.25. The van der Waals surface area contributed by atoms with Crippen molar-refractivity contribution in [2.24, 2.45) is 5.92 Å². The number of amides is 1. The summed E-state index contributed by atoms with van der Waals surface area (Å²) in [5.74, 6) is 0.563. The largest absolute Gasteiger partial charge is 0.399 e. The Bertz CT molecular complexity index is 444. The molecule has 3 unspecified atom stereocenters. The van der Waals surface area contributed by atoms with Crippen molar-refractivity contribution in [2.45, 2.75) is 51.5 Å². The molecular formula is C16H24N2O. The molecule has 3 atom stereocenters. The number of anilines is 1. The van der Waals surface area contributed by atoms with Gasteiger partial charge in [0.15, 0.2) is 0 Å². The molecule has 0 heterocycles. The fourth-order valence-electron chi connectivity index (χ4n) is 2.82. The number of nitrogens with two attached hydrogens (primary N) is 1. The fourth-order valence-corrected chi connectivity index (χ4v) is 2.82. The van der Waals surface area contributed by atoms with Crippen LogP contribution in [-0.4, -0.2) is 11.9 Å². The molecule has 0 aliphatic heterocycles. The zero-order valence-corrected chi connectivity index (χ0v) is 11.9. The number of rotatable bonds is 3. The van der Waals surface area contributed by atoms with Crippen LogP contribution in [0.5, 0.6) is 0 Å². The Kier molecular flexibility index (Phi) is 4.46. The normalized spacial score (nSPS) is 24.7. The summed E-state index contributed by atoms with van der Waals surface area (Å²) in [6.07, 6.45) is 4.84. The molecule has 1 fully saturated rings. The first kappa shape index (κ1) is 13.9.